The summed E-state index contributed by atoms with van der Waals surface area (Å²) in [5.41, 5.74) is 1.19. The van der Waals surface area contributed by atoms with Crippen LogP contribution in [0.1, 0.15) is 21.5 Å². The van der Waals surface area contributed by atoms with E-state index in [1.165, 1.54) is 25.1 Å². The van der Waals surface area contributed by atoms with Crippen molar-refractivity contribution in [2.24, 2.45) is 0 Å². The Kier molecular flexibility index (Phi) is 6.02. The number of rotatable bonds is 5. The first-order chi connectivity index (χ1) is 13.3. The Balaban J connectivity index is 1.81. The lowest BCUT2D eigenvalue weighted by Gasteiger charge is -2.07. The first-order valence-corrected chi connectivity index (χ1v) is 9.53. The predicted molar refractivity (Wildman–Crippen MR) is 111 cm³/mol. The smallest absolute Gasteiger partial charge is 0.273 e. The monoisotopic (exact) mass is 482 g/mol. The number of nitrogens with zero attached hydrogens (tertiary/aromatic N) is 3. The van der Waals surface area contributed by atoms with E-state index in [0.29, 0.717) is 26.9 Å². The van der Waals surface area contributed by atoms with Gasteiger partial charge in [-0.1, -0.05) is 35.3 Å². The minimum atomic E-state index is -0.521. The highest BCUT2D eigenvalue weighted by molar-refractivity contribution is 9.10. The second-order valence-corrected chi connectivity index (χ2v) is 7.62. The summed E-state index contributed by atoms with van der Waals surface area (Å²) in [4.78, 5) is 23.1. The molecular formula is C18H13BrCl2N4O3. The van der Waals surface area contributed by atoms with Gasteiger partial charge in [-0.25, -0.2) is 0 Å². The third-order valence-electron chi connectivity index (χ3n) is 4.04. The van der Waals surface area contributed by atoms with Gasteiger partial charge in [0.25, 0.3) is 11.6 Å². The van der Waals surface area contributed by atoms with Crippen molar-refractivity contribution in [3.8, 4) is 0 Å². The molecule has 0 aliphatic heterocycles. The average molecular weight is 484 g/mol. The molecule has 0 bridgehead atoms. The fourth-order valence-electron chi connectivity index (χ4n) is 2.63. The topological polar surface area (TPSA) is 90.1 Å². The molecular weight excluding hydrogens is 471 g/mol. The van der Waals surface area contributed by atoms with E-state index in [-0.39, 0.29) is 16.8 Å². The molecule has 3 aromatic rings. The van der Waals surface area contributed by atoms with Gasteiger partial charge in [0.15, 0.2) is 5.82 Å². The number of hydrogen-bond donors (Lipinski definition) is 1. The maximum Gasteiger partial charge on any atom is 0.273 e. The number of carbonyl (C=O) groups is 1. The lowest BCUT2D eigenvalue weighted by Crippen LogP contribution is -2.15. The molecule has 10 heteroatoms. The Hall–Kier alpha value is -2.42. The van der Waals surface area contributed by atoms with Crippen LogP contribution in [-0.2, 0) is 6.54 Å². The zero-order valence-corrected chi connectivity index (χ0v) is 17.5. The first kappa shape index (κ1) is 20.3. The Morgan fingerprint density at radius 3 is 2.75 bits per heavy atom. The molecule has 0 unspecified atom stereocenters. The van der Waals surface area contributed by atoms with Gasteiger partial charge in [-0.15, -0.1) is 0 Å². The Morgan fingerprint density at radius 1 is 1.32 bits per heavy atom. The molecule has 0 aliphatic carbocycles. The molecule has 2 aromatic carbocycles. The van der Waals surface area contributed by atoms with Gasteiger partial charge < -0.3 is 5.32 Å². The van der Waals surface area contributed by atoms with Crippen LogP contribution < -0.4 is 5.32 Å². The van der Waals surface area contributed by atoms with Crippen molar-refractivity contribution in [3.63, 3.8) is 0 Å². The van der Waals surface area contributed by atoms with E-state index >= 15 is 0 Å². The van der Waals surface area contributed by atoms with Gasteiger partial charge in [-0.2, -0.15) is 5.10 Å². The number of halogens is 3. The van der Waals surface area contributed by atoms with Gasteiger partial charge in [-0.05, 0) is 46.6 Å². The summed E-state index contributed by atoms with van der Waals surface area (Å²) in [5.74, 6) is -0.197. The summed E-state index contributed by atoms with van der Waals surface area (Å²) < 4.78 is 2.17. The molecule has 3 rings (SSSR count). The van der Waals surface area contributed by atoms with Crippen molar-refractivity contribution in [1.29, 1.82) is 0 Å². The normalized spacial score (nSPS) is 10.7. The van der Waals surface area contributed by atoms with Gasteiger partial charge in [0.05, 0.1) is 15.9 Å². The summed E-state index contributed by atoms with van der Waals surface area (Å²) in [7, 11) is 0. The van der Waals surface area contributed by atoms with Crippen molar-refractivity contribution < 1.29 is 9.72 Å². The highest BCUT2D eigenvalue weighted by Gasteiger charge is 2.19. The molecule has 1 N–H and O–H groups in total. The van der Waals surface area contributed by atoms with Crippen LogP contribution in [0.5, 0.6) is 0 Å². The van der Waals surface area contributed by atoms with E-state index in [1.54, 1.807) is 29.1 Å². The number of nitro benzene ring substituents is 1. The van der Waals surface area contributed by atoms with Crippen molar-refractivity contribution in [2.75, 3.05) is 5.32 Å². The third-order valence-corrected chi connectivity index (χ3v) is 5.21. The maximum absolute atomic E-state index is 12.6. The van der Waals surface area contributed by atoms with Crippen LogP contribution in [0.2, 0.25) is 10.0 Å². The summed E-state index contributed by atoms with van der Waals surface area (Å²) in [6.07, 6.45) is 1.70. The Labute approximate surface area is 178 Å². The molecule has 0 spiro atoms. The van der Waals surface area contributed by atoms with Gasteiger partial charge in [0, 0.05) is 33.4 Å². The molecule has 0 saturated carbocycles. The number of benzene rings is 2. The number of carbonyl (C=O) groups excluding carboxylic acids is 1. The van der Waals surface area contributed by atoms with Crippen LogP contribution in [-0.4, -0.2) is 20.6 Å². The molecule has 28 heavy (non-hydrogen) atoms. The highest BCUT2D eigenvalue weighted by atomic mass is 79.9. The number of nitrogens with one attached hydrogen (secondary N) is 1. The van der Waals surface area contributed by atoms with E-state index in [4.69, 9.17) is 23.2 Å². The molecule has 0 fully saturated rings. The highest BCUT2D eigenvalue weighted by Crippen LogP contribution is 2.26. The number of amides is 1. The Bertz CT molecular complexity index is 1080. The first-order valence-electron chi connectivity index (χ1n) is 7.98. The minimum absolute atomic E-state index is 0.116. The van der Waals surface area contributed by atoms with Gasteiger partial charge in [0.2, 0.25) is 0 Å². The zero-order valence-electron chi connectivity index (χ0n) is 14.4. The van der Waals surface area contributed by atoms with E-state index < -0.39 is 10.8 Å². The number of hydrogen-bond acceptors (Lipinski definition) is 4. The van der Waals surface area contributed by atoms with Crippen LogP contribution in [0.15, 0.2) is 47.1 Å². The Morgan fingerprint density at radius 2 is 2.07 bits per heavy atom. The number of nitro groups is 1. The average Bonchev–Trinajstić information content (AvgIpc) is 2.96. The van der Waals surface area contributed by atoms with Crippen LogP contribution >= 0.6 is 39.1 Å². The van der Waals surface area contributed by atoms with Gasteiger partial charge in [0.1, 0.15) is 0 Å². The van der Waals surface area contributed by atoms with E-state index in [1.807, 2.05) is 0 Å². The fraction of sp³-hybridized carbons (Fsp3) is 0.111. The van der Waals surface area contributed by atoms with Crippen LogP contribution in [0, 0.1) is 17.0 Å². The molecule has 0 aliphatic rings. The van der Waals surface area contributed by atoms with Crippen molar-refractivity contribution in [3.05, 3.63) is 83.9 Å². The molecule has 0 atom stereocenters. The summed E-state index contributed by atoms with van der Waals surface area (Å²) in [6, 6.07) is 9.52. The van der Waals surface area contributed by atoms with E-state index in [9.17, 15) is 14.9 Å². The van der Waals surface area contributed by atoms with Gasteiger partial charge in [-0.3, -0.25) is 19.6 Å². The third kappa shape index (κ3) is 4.35. The molecule has 1 heterocycles. The predicted octanol–water partition coefficient (Wildman–Crippen LogP) is 5.47. The summed E-state index contributed by atoms with van der Waals surface area (Å²) >= 11 is 15.4. The second kappa shape index (κ2) is 8.30. The zero-order chi connectivity index (χ0) is 20.4. The number of anilines is 1. The minimum Gasteiger partial charge on any atom is -0.304 e. The van der Waals surface area contributed by atoms with Crippen LogP contribution in [0.3, 0.4) is 0 Å². The van der Waals surface area contributed by atoms with Crippen molar-refractivity contribution >= 4 is 56.5 Å². The summed E-state index contributed by atoms with van der Waals surface area (Å²) in [5, 5.41) is 19.1. The quantitative estimate of drug-likeness (QED) is 0.384. The lowest BCUT2D eigenvalue weighted by atomic mass is 10.1. The van der Waals surface area contributed by atoms with Crippen LogP contribution in [0.4, 0.5) is 11.5 Å². The van der Waals surface area contributed by atoms with Gasteiger partial charge >= 0.3 is 0 Å². The van der Waals surface area contributed by atoms with Crippen molar-refractivity contribution in [1.82, 2.24) is 9.78 Å². The molecule has 7 nitrogen and oxygen atoms in total. The largest absolute Gasteiger partial charge is 0.304 e. The number of aromatic nitrogens is 2. The lowest BCUT2D eigenvalue weighted by molar-refractivity contribution is -0.385. The van der Waals surface area contributed by atoms with Crippen LogP contribution in [0.25, 0.3) is 0 Å². The summed E-state index contributed by atoms with van der Waals surface area (Å²) in [6.45, 7) is 1.91. The maximum atomic E-state index is 12.6. The van der Waals surface area contributed by atoms with E-state index in [2.05, 4.69) is 26.3 Å². The van der Waals surface area contributed by atoms with E-state index in [0.717, 1.165) is 5.56 Å². The standard InChI is InChI=1S/C18H13BrCl2N4O3/c1-10-13(3-2-4-16(10)25(27)28)18(26)22-17-14(19)9-24(23-17)8-11-5-6-12(20)7-15(11)21/h2-7,9H,8H2,1H3,(H,22,23,26). The molecule has 0 saturated heterocycles. The fourth-order valence-corrected chi connectivity index (χ4v) is 3.51. The molecule has 144 valence electrons. The molecule has 0 radical (unpaired) electrons. The second-order valence-electron chi connectivity index (χ2n) is 5.92. The molecule has 1 aromatic heterocycles. The molecule has 1 amide bonds. The SMILES string of the molecule is Cc1c(C(=O)Nc2nn(Cc3ccc(Cl)cc3Cl)cc2Br)cccc1[N+](=O)[O-]. The van der Waals surface area contributed by atoms with Crippen molar-refractivity contribution in [2.45, 2.75) is 13.5 Å².